The van der Waals surface area contributed by atoms with Crippen LogP contribution in [-0.2, 0) is 6.42 Å². The van der Waals surface area contributed by atoms with Gasteiger partial charge >= 0.3 is 0 Å². The number of aromatic nitrogens is 2. The molecule has 1 aromatic heterocycles. The van der Waals surface area contributed by atoms with Crippen molar-refractivity contribution in [1.29, 1.82) is 0 Å². The lowest BCUT2D eigenvalue weighted by molar-refractivity contribution is 0.197. The molecule has 0 fully saturated rings. The first-order valence-corrected chi connectivity index (χ1v) is 5.71. The van der Waals surface area contributed by atoms with E-state index >= 15 is 0 Å². The van der Waals surface area contributed by atoms with Crippen molar-refractivity contribution in [3.8, 4) is 0 Å². The summed E-state index contributed by atoms with van der Waals surface area (Å²) in [6.07, 6.45) is 1.92. The zero-order valence-corrected chi connectivity index (χ0v) is 10.1. The molecule has 1 N–H and O–H groups in total. The van der Waals surface area contributed by atoms with Gasteiger partial charge in [0.1, 0.15) is 5.82 Å². The molecule has 0 aliphatic rings. The Labute approximate surface area is 101 Å². The first kappa shape index (κ1) is 11.7. The number of benzene rings is 1. The Bertz CT molecular complexity index is 495. The second-order valence-electron chi connectivity index (χ2n) is 4.17. The van der Waals surface area contributed by atoms with E-state index in [1.54, 1.807) is 13.1 Å². The predicted octanol–water partition coefficient (Wildman–Crippen LogP) is 2.43. The maximum absolute atomic E-state index is 9.51. The average Bonchev–Trinajstić information content (AvgIpc) is 2.30. The summed E-state index contributed by atoms with van der Waals surface area (Å²) in [4.78, 5) is 8.70. The fourth-order valence-electron chi connectivity index (χ4n) is 1.80. The fraction of sp³-hybridized carbons (Fsp3) is 0.286. The van der Waals surface area contributed by atoms with E-state index in [0.717, 1.165) is 23.5 Å². The number of aliphatic hydroxyl groups is 1. The van der Waals surface area contributed by atoms with Crippen LogP contribution in [0.3, 0.4) is 0 Å². The molecule has 3 nitrogen and oxygen atoms in total. The summed E-state index contributed by atoms with van der Waals surface area (Å²) in [5.74, 6) is 0.790. The Balaban J connectivity index is 2.21. The third-order valence-corrected chi connectivity index (χ3v) is 2.72. The first-order chi connectivity index (χ1) is 8.16. The number of aliphatic hydroxyl groups excluding tert-OH is 1. The summed E-state index contributed by atoms with van der Waals surface area (Å²) < 4.78 is 0. The second-order valence-corrected chi connectivity index (χ2v) is 4.17. The van der Waals surface area contributed by atoms with Crippen LogP contribution in [0, 0.1) is 6.92 Å². The zero-order valence-electron chi connectivity index (χ0n) is 10.1. The van der Waals surface area contributed by atoms with Crippen molar-refractivity contribution in [2.75, 3.05) is 0 Å². The van der Waals surface area contributed by atoms with Crippen LogP contribution in [0.15, 0.2) is 36.5 Å². The number of hydrogen-bond acceptors (Lipinski definition) is 3. The molecule has 2 rings (SSSR count). The van der Waals surface area contributed by atoms with Gasteiger partial charge in [0.25, 0.3) is 0 Å². The van der Waals surface area contributed by atoms with Crippen molar-refractivity contribution < 1.29 is 5.11 Å². The lowest BCUT2D eigenvalue weighted by atomic mass is 10.1. The molecular formula is C14H16N2O. The minimum absolute atomic E-state index is 0.513. The van der Waals surface area contributed by atoms with Gasteiger partial charge in [-0.05, 0) is 19.4 Å². The van der Waals surface area contributed by atoms with Gasteiger partial charge in [0.15, 0.2) is 0 Å². The highest BCUT2D eigenvalue weighted by atomic mass is 16.3. The third-order valence-electron chi connectivity index (χ3n) is 2.72. The van der Waals surface area contributed by atoms with Crippen molar-refractivity contribution in [3.63, 3.8) is 0 Å². The highest BCUT2D eigenvalue weighted by molar-refractivity contribution is 5.22. The first-order valence-electron chi connectivity index (χ1n) is 5.71. The molecule has 2 aromatic rings. The fourth-order valence-corrected chi connectivity index (χ4v) is 1.80. The highest BCUT2D eigenvalue weighted by Crippen LogP contribution is 2.15. The summed E-state index contributed by atoms with van der Waals surface area (Å²) >= 11 is 0. The van der Waals surface area contributed by atoms with Gasteiger partial charge in [0.05, 0.1) is 6.10 Å². The molecule has 0 saturated heterocycles. The standard InChI is InChI=1S/C14H16N2O/c1-10-13(11(2)17)9-15-14(16-10)8-12-6-4-3-5-7-12/h3-7,9,11,17H,8H2,1-2H3. The molecule has 1 unspecified atom stereocenters. The summed E-state index contributed by atoms with van der Waals surface area (Å²) in [5, 5.41) is 9.51. The van der Waals surface area contributed by atoms with Gasteiger partial charge in [-0.2, -0.15) is 0 Å². The van der Waals surface area contributed by atoms with Gasteiger partial charge in [-0.3, -0.25) is 0 Å². The molecule has 0 saturated carbocycles. The topological polar surface area (TPSA) is 46.0 Å². The van der Waals surface area contributed by atoms with Gasteiger partial charge < -0.3 is 5.11 Å². The van der Waals surface area contributed by atoms with Crippen LogP contribution in [0.5, 0.6) is 0 Å². The van der Waals surface area contributed by atoms with Gasteiger partial charge in [0, 0.05) is 23.9 Å². The van der Waals surface area contributed by atoms with Gasteiger partial charge in [-0.15, -0.1) is 0 Å². The monoisotopic (exact) mass is 228 g/mol. The van der Waals surface area contributed by atoms with E-state index in [-0.39, 0.29) is 0 Å². The van der Waals surface area contributed by atoms with Gasteiger partial charge in [-0.25, -0.2) is 9.97 Å². The normalized spacial score (nSPS) is 12.4. The maximum atomic E-state index is 9.51. The van der Waals surface area contributed by atoms with Gasteiger partial charge in [-0.1, -0.05) is 30.3 Å². The lowest BCUT2D eigenvalue weighted by Crippen LogP contribution is -2.04. The Morgan fingerprint density at radius 3 is 2.53 bits per heavy atom. The van der Waals surface area contributed by atoms with Crippen LogP contribution in [0.2, 0.25) is 0 Å². The van der Waals surface area contributed by atoms with Crippen LogP contribution >= 0.6 is 0 Å². The zero-order chi connectivity index (χ0) is 12.3. The van der Waals surface area contributed by atoms with Crippen LogP contribution in [0.1, 0.15) is 35.7 Å². The molecule has 0 bridgehead atoms. The van der Waals surface area contributed by atoms with Crippen molar-refractivity contribution in [2.24, 2.45) is 0 Å². The molecule has 1 aromatic carbocycles. The van der Waals surface area contributed by atoms with Crippen molar-refractivity contribution in [3.05, 3.63) is 59.2 Å². The Hall–Kier alpha value is -1.74. The number of nitrogens with zero attached hydrogens (tertiary/aromatic N) is 2. The summed E-state index contributed by atoms with van der Waals surface area (Å²) in [5.41, 5.74) is 2.83. The minimum atomic E-state index is -0.513. The molecule has 0 aliphatic heterocycles. The Morgan fingerprint density at radius 2 is 1.94 bits per heavy atom. The van der Waals surface area contributed by atoms with E-state index in [1.165, 1.54) is 5.56 Å². The molecule has 0 radical (unpaired) electrons. The second kappa shape index (κ2) is 5.06. The number of aryl methyl sites for hydroxylation is 1. The van der Waals surface area contributed by atoms with Crippen LogP contribution < -0.4 is 0 Å². The molecule has 3 heteroatoms. The van der Waals surface area contributed by atoms with E-state index in [2.05, 4.69) is 22.1 Å². The molecule has 0 aliphatic carbocycles. The minimum Gasteiger partial charge on any atom is -0.389 e. The molecular weight excluding hydrogens is 212 g/mol. The van der Waals surface area contributed by atoms with Crippen molar-refractivity contribution in [1.82, 2.24) is 9.97 Å². The predicted molar refractivity (Wildman–Crippen MR) is 66.7 cm³/mol. The molecule has 17 heavy (non-hydrogen) atoms. The number of rotatable bonds is 3. The average molecular weight is 228 g/mol. The molecule has 1 atom stereocenters. The molecule has 1 heterocycles. The number of hydrogen-bond donors (Lipinski definition) is 1. The van der Waals surface area contributed by atoms with E-state index in [4.69, 9.17) is 0 Å². The summed E-state index contributed by atoms with van der Waals surface area (Å²) in [6, 6.07) is 10.1. The smallest absolute Gasteiger partial charge is 0.132 e. The molecule has 0 spiro atoms. The van der Waals surface area contributed by atoms with Crippen molar-refractivity contribution in [2.45, 2.75) is 26.4 Å². The lowest BCUT2D eigenvalue weighted by Gasteiger charge is -2.08. The quantitative estimate of drug-likeness (QED) is 0.877. The molecule has 88 valence electrons. The van der Waals surface area contributed by atoms with Crippen LogP contribution in [0.4, 0.5) is 0 Å². The van der Waals surface area contributed by atoms with Crippen LogP contribution in [0.25, 0.3) is 0 Å². The summed E-state index contributed by atoms with van der Waals surface area (Å²) in [6.45, 7) is 3.63. The maximum Gasteiger partial charge on any atom is 0.132 e. The molecule has 0 amide bonds. The summed E-state index contributed by atoms with van der Waals surface area (Å²) in [7, 11) is 0. The van der Waals surface area contributed by atoms with Gasteiger partial charge in [0.2, 0.25) is 0 Å². The Morgan fingerprint density at radius 1 is 1.24 bits per heavy atom. The van der Waals surface area contributed by atoms with E-state index in [9.17, 15) is 5.11 Å². The highest BCUT2D eigenvalue weighted by Gasteiger charge is 2.08. The van der Waals surface area contributed by atoms with E-state index < -0.39 is 6.10 Å². The van der Waals surface area contributed by atoms with E-state index in [0.29, 0.717) is 0 Å². The largest absolute Gasteiger partial charge is 0.389 e. The van der Waals surface area contributed by atoms with Crippen LogP contribution in [-0.4, -0.2) is 15.1 Å². The Kier molecular flexibility index (Phi) is 3.49. The SMILES string of the molecule is Cc1nc(Cc2ccccc2)ncc1C(C)O. The van der Waals surface area contributed by atoms with Crippen molar-refractivity contribution >= 4 is 0 Å². The third kappa shape index (κ3) is 2.88. The van der Waals surface area contributed by atoms with E-state index in [1.807, 2.05) is 25.1 Å².